The largest absolute Gasteiger partial charge is 0.367 e. The van der Waals surface area contributed by atoms with Crippen LogP contribution in [-0.2, 0) is 22.3 Å². The third-order valence-corrected chi connectivity index (χ3v) is 11.1. The van der Waals surface area contributed by atoms with E-state index in [4.69, 9.17) is 9.47 Å². The van der Waals surface area contributed by atoms with E-state index in [9.17, 15) is 0 Å². The molecule has 4 aromatic rings. The fraction of sp³-hybridized carbons (Fsp3) is 0.474. The molecule has 0 aromatic heterocycles. The van der Waals surface area contributed by atoms with E-state index in [-0.39, 0.29) is 12.2 Å². The molecule has 2 aliphatic carbocycles. The lowest BCUT2D eigenvalue weighted by atomic mass is 10.1. The highest BCUT2D eigenvalue weighted by Gasteiger charge is 2.33. The number of likely N-dealkylation sites (N-methyl/N-ethyl adjacent to an activating group) is 2. The minimum Gasteiger partial charge on any atom is -0.367 e. The summed E-state index contributed by atoms with van der Waals surface area (Å²) < 4.78 is 15.5. The number of benzene rings is 4. The van der Waals surface area contributed by atoms with Crippen LogP contribution < -0.4 is 0 Å². The highest BCUT2D eigenvalue weighted by molar-refractivity contribution is 5.92. The van der Waals surface area contributed by atoms with Crippen LogP contribution in [0, 0.1) is 0 Å². The van der Waals surface area contributed by atoms with Gasteiger partial charge < -0.3 is 18.4 Å². The molecule has 0 bridgehead atoms. The van der Waals surface area contributed by atoms with E-state index < -0.39 is 0 Å². The van der Waals surface area contributed by atoms with Crippen LogP contribution in [0.15, 0.2) is 72.8 Å². The molecule has 2 aliphatic rings. The van der Waals surface area contributed by atoms with Gasteiger partial charge in [-0.15, -0.1) is 0 Å². The van der Waals surface area contributed by atoms with E-state index in [1.807, 2.05) is 0 Å². The maximum atomic E-state index is 6.65. The summed E-state index contributed by atoms with van der Waals surface area (Å²) in [4.78, 5) is 0. The molecule has 0 fully saturated rings. The predicted molar refractivity (Wildman–Crippen MR) is 175 cm³/mol. The molecule has 222 valence electrons. The Morgan fingerprint density at radius 2 is 0.905 bits per heavy atom. The van der Waals surface area contributed by atoms with Crippen LogP contribution in [0.25, 0.3) is 21.5 Å². The summed E-state index contributed by atoms with van der Waals surface area (Å²) in [7, 11) is 0. The average molecular weight is 567 g/mol. The van der Waals surface area contributed by atoms with Crippen molar-refractivity contribution in [1.29, 1.82) is 0 Å². The first-order valence-electron chi connectivity index (χ1n) is 16.5. The Morgan fingerprint density at radius 1 is 0.524 bits per heavy atom. The first kappa shape index (κ1) is 29.3. The minimum atomic E-state index is 0.188. The van der Waals surface area contributed by atoms with Crippen molar-refractivity contribution >= 4 is 21.5 Å². The summed E-state index contributed by atoms with van der Waals surface area (Å²) >= 11 is 0. The second-order valence-corrected chi connectivity index (χ2v) is 12.7. The summed E-state index contributed by atoms with van der Waals surface area (Å²) in [5.41, 5.74) is 5.63. The second kappa shape index (κ2) is 12.5. The van der Waals surface area contributed by atoms with Crippen LogP contribution in [0.2, 0.25) is 0 Å². The van der Waals surface area contributed by atoms with Gasteiger partial charge in [0, 0.05) is 12.8 Å². The molecule has 0 saturated heterocycles. The van der Waals surface area contributed by atoms with Crippen LogP contribution in [0.5, 0.6) is 0 Å². The standard InChI is InChI=1S/C38H50N2O2/c1-5-39(6-2,23-25-41-35-27-31-17-9-13-29-15-11-19-33(35)37(29)31)21-22-40(7-3,8-4)24-26-42-36-28-32-18-10-14-30-16-12-20-34(36)38(30)32/h9-20,35-36H,5-8,21-28H2,1-4H3/q+2/t35-,36-/m1/s1. The average Bonchev–Trinajstić information content (AvgIpc) is 3.58. The molecule has 0 aliphatic heterocycles. The highest BCUT2D eigenvalue weighted by Crippen LogP contribution is 2.40. The lowest BCUT2D eigenvalue weighted by Crippen LogP contribution is -2.59. The molecule has 4 nitrogen and oxygen atoms in total. The van der Waals surface area contributed by atoms with Gasteiger partial charge in [-0.3, -0.25) is 0 Å². The van der Waals surface area contributed by atoms with Crippen LogP contribution in [-0.4, -0.2) is 74.5 Å². The number of nitrogens with zero attached hydrogens (tertiary/aromatic N) is 2. The second-order valence-electron chi connectivity index (χ2n) is 12.7. The van der Waals surface area contributed by atoms with Crippen LogP contribution in [0.1, 0.15) is 62.2 Å². The summed E-state index contributed by atoms with van der Waals surface area (Å²) in [6.45, 7) is 20.2. The summed E-state index contributed by atoms with van der Waals surface area (Å²) in [5, 5.41) is 5.53. The van der Waals surface area contributed by atoms with E-state index in [1.165, 1.54) is 56.9 Å². The summed E-state index contributed by atoms with van der Waals surface area (Å²) in [6, 6.07) is 26.7. The lowest BCUT2D eigenvalue weighted by Gasteiger charge is -2.42. The molecule has 0 heterocycles. The Balaban J connectivity index is 1.04. The molecule has 0 saturated carbocycles. The first-order chi connectivity index (χ1) is 20.5. The van der Waals surface area contributed by atoms with Crippen molar-refractivity contribution in [2.75, 3.05) is 65.6 Å². The van der Waals surface area contributed by atoms with Gasteiger partial charge in [-0.1, -0.05) is 72.8 Å². The smallest absolute Gasteiger partial charge is 0.129 e. The number of ether oxygens (including phenoxy) is 2. The highest BCUT2D eigenvalue weighted by atomic mass is 16.5. The molecule has 0 spiro atoms. The van der Waals surface area contributed by atoms with Gasteiger partial charge in [0.2, 0.25) is 0 Å². The Morgan fingerprint density at radius 3 is 1.29 bits per heavy atom. The molecule has 0 amide bonds. The van der Waals surface area contributed by atoms with Crippen molar-refractivity contribution in [2.24, 2.45) is 0 Å². The molecule has 0 N–H and O–H groups in total. The van der Waals surface area contributed by atoms with Gasteiger partial charge in [-0.25, -0.2) is 0 Å². The topological polar surface area (TPSA) is 18.5 Å². The van der Waals surface area contributed by atoms with Crippen molar-refractivity contribution < 1.29 is 18.4 Å². The third kappa shape index (κ3) is 5.51. The normalized spacial score (nSPS) is 18.0. The Kier molecular flexibility index (Phi) is 8.70. The SMILES string of the molecule is CC[N+](CC)(CCO[C@@H]1Cc2cccc3cccc1c23)CC[N+](CC)(CC)CCO[C@@H]1Cc2cccc3cccc1c23. The zero-order valence-electron chi connectivity index (χ0n) is 26.3. The van der Waals surface area contributed by atoms with Crippen molar-refractivity contribution in [3.63, 3.8) is 0 Å². The van der Waals surface area contributed by atoms with Crippen molar-refractivity contribution in [3.05, 3.63) is 95.1 Å². The van der Waals surface area contributed by atoms with Crippen LogP contribution >= 0.6 is 0 Å². The van der Waals surface area contributed by atoms with E-state index in [0.717, 1.165) is 74.3 Å². The molecular formula is C38H50N2O2+2. The number of hydrogen-bond acceptors (Lipinski definition) is 2. The quantitative estimate of drug-likeness (QED) is 0.138. The Hall–Kier alpha value is -2.76. The monoisotopic (exact) mass is 566 g/mol. The van der Waals surface area contributed by atoms with E-state index in [0.29, 0.717) is 0 Å². The number of quaternary nitrogens is 2. The van der Waals surface area contributed by atoms with Gasteiger partial charge in [0.1, 0.15) is 26.2 Å². The predicted octanol–water partition coefficient (Wildman–Crippen LogP) is 7.63. The number of rotatable bonds is 15. The zero-order valence-corrected chi connectivity index (χ0v) is 26.3. The summed E-state index contributed by atoms with van der Waals surface area (Å²) in [5.74, 6) is 0. The van der Waals surface area contributed by atoms with Gasteiger partial charge in [0.15, 0.2) is 0 Å². The van der Waals surface area contributed by atoms with Gasteiger partial charge in [0.25, 0.3) is 0 Å². The molecule has 0 radical (unpaired) electrons. The Labute approximate surface area is 253 Å². The fourth-order valence-electron chi connectivity index (χ4n) is 7.83. The van der Waals surface area contributed by atoms with E-state index in [1.54, 1.807) is 0 Å². The van der Waals surface area contributed by atoms with Crippen molar-refractivity contribution in [1.82, 2.24) is 0 Å². The minimum absolute atomic E-state index is 0.188. The van der Waals surface area contributed by atoms with Crippen molar-refractivity contribution in [3.8, 4) is 0 Å². The fourth-order valence-corrected chi connectivity index (χ4v) is 7.83. The molecule has 42 heavy (non-hydrogen) atoms. The van der Waals surface area contributed by atoms with Gasteiger partial charge in [-0.05, 0) is 71.5 Å². The van der Waals surface area contributed by atoms with Gasteiger partial charge in [-0.2, -0.15) is 0 Å². The van der Waals surface area contributed by atoms with Crippen molar-refractivity contribution in [2.45, 2.75) is 52.7 Å². The van der Waals surface area contributed by atoms with E-state index in [2.05, 4.69) is 100 Å². The molecule has 4 heteroatoms. The maximum Gasteiger partial charge on any atom is 0.129 e. The van der Waals surface area contributed by atoms with E-state index >= 15 is 0 Å². The molecule has 4 aromatic carbocycles. The number of hydrogen-bond donors (Lipinski definition) is 0. The molecule has 0 unspecified atom stereocenters. The Bertz CT molecular complexity index is 1390. The zero-order chi connectivity index (χ0) is 29.2. The first-order valence-corrected chi connectivity index (χ1v) is 16.5. The third-order valence-electron chi connectivity index (χ3n) is 11.1. The lowest BCUT2D eigenvalue weighted by molar-refractivity contribution is -0.978. The maximum absolute atomic E-state index is 6.65. The van der Waals surface area contributed by atoms with Gasteiger partial charge in [0.05, 0.1) is 51.6 Å². The van der Waals surface area contributed by atoms with Crippen LogP contribution in [0.4, 0.5) is 0 Å². The van der Waals surface area contributed by atoms with Gasteiger partial charge >= 0.3 is 0 Å². The molecule has 2 atom stereocenters. The van der Waals surface area contributed by atoms with Crippen LogP contribution in [0.3, 0.4) is 0 Å². The summed E-state index contributed by atoms with van der Waals surface area (Å²) in [6.07, 6.45) is 2.38. The molecule has 6 rings (SSSR count). The molecular weight excluding hydrogens is 516 g/mol.